The fraction of sp³-hybridized carbons (Fsp3) is 0.235. The number of benzene rings is 2. The van der Waals surface area contributed by atoms with Crippen molar-refractivity contribution in [3.8, 4) is 0 Å². The first-order chi connectivity index (χ1) is 9.98. The average Bonchev–Trinajstić information content (AvgIpc) is 2.86. The predicted molar refractivity (Wildman–Crippen MR) is 83.3 cm³/mol. The topological polar surface area (TPSA) is 68.9 Å². The summed E-state index contributed by atoms with van der Waals surface area (Å²) in [7, 11) is 0. The van der Waals surface area contributed by atoms with Crippen molar-refractivity contribution in [1.29, 1.82) is 0 Å². The van der Waals surface area contributed by atoms with Crippen LogP contribution < -0.4 is 5.69 Å². The number of H-pyrrole nitrogens is 2. The smallest absolute Gasteiger partial charge is 0.323 e. The molecule has 21 heavy (non-hydrogen) atoms. The Bertz CT molecular complexity index is 815. The average molecular weight is 282 g/mol. The van der Waals surface area contributed by atoms with E-state index in [4.69, 9.17) is 0 Å². The van der Waals surface area contributed by atoms with E-state index >= 15 is 0 Å². The molecule has 4 heteroatoms. The molecule has 0 fully saturated rings. The molecule has 1 atom stereocenters. The summed E-state index contributed by atoms with van der Waals surface area (Å²) in [5, 5.41) is 10.8. The van der Waals surface area contributed by atoms with Crippen LogP contribution in [0, 0.1) is 0 Å². The van der Waals surface area contributed by atoms with Crippen molar-refractivity contribution in [1.82, 2.24) is 9.97 Å². The van der Waals surface area contributed by atoms with Crippen LogP contribution in [-0.4, -0.2) is 15.1 Å². The third-order valence-electron chi connectivity index (χ3n) is 4.06. The Labute approximate surface area is 122 Å². The number of aromatic nitrogens is 2. The molecule has 3 rings (SSSR count). The van der Waals surface area contributed by atoms with Crippen LogP contribution >= 0.6 is 0 Å². The Hall–Kier alpha value is -2.33. The molecule has 1 heterocycles. The number of rotatable bonds is 3. The highest BCUT2D eigenvalue weighted by Gasteiger charge is 2.31. The minimum atomic E-state index is -0.664. The Balaban J connectivity index is 2.02. The van der Waals surface area contributed by atoms with Crippen LogP contribution in [0.25, 0.3) is 11.0 Å². The molecule has 1 aromatic heterocycles. The van der Waals surface area contributed by atoms with Gasteiger partial charge in [0.05, 0.1) is 17.1 Å². The van der Waals surface area contributed by atoms with Gasteiger partial charge in [-0.3, -0.25) is 0 Å². The number of hydrogen-bond acceptors (Lipinski definition) is 2. The van der Waals surface area contributed by atoms with E-state index in [1.54, 1.807) is 0 Å². The summed E-state index contributed by atoms with van der Waals surface area (Å²) in [5.41, 5.74) is 2.64. The molecule has 0 aliphatic rings. The lowest BCUT2D eigenvalue weighted by molar-refractivity contribution is 0.100. The predicted octanol–water partition coefficient (Wildman–Crippen LogP) is 2.87. The van der Waals surface area contributed by atoms with E-state index < -0.39 is 11.5 Å². The molecule has 0 saturated carbocycles. The van der Waals surface area contributed by atoms with Gasteiger partial charge in [-0.25, -0.2) is 4.79 Å². The third kappa shape index (κ3) is 2.38. The molecule has 0 radical (unpaired) electrons. The standard InChI is InChI=1S/C17H18N2O2/c1-17(2,12-6-4-3-5-7-12)15(20)11-8-9-13-14(10-11)19-16(21)18-13/h3-10,15,20H,1-2H3,(H2,18,19,21). The number of aliphatic hydroxyl groups is 1. The van der Waals surface area contributed by atoms with Crippen molar-refractivity contribution < 1.29 is 5.11 Å². The van der Waals surface area contributed by atoms with Gasteiger partial charge in [-0.1, -0.05) is 50.2 Å². The second-order valence-electron chi connectivity index (χ2n) is 5.87. The fourth-order valence-electron chi connectivity index (χ4n) is 2.66. The largest absolute Gasteiger partial charge is 0.388 e. The van der Waals surface area contributed by atoms with Crippen LogP contribution in [0.5, 0.6) is 0 Å². The highest BCUT2D eigenvalue weighted by atomic mass is 16.3. The fourth-order valence-corrected chi connectivity index (χ4v) is 2.66. The molecular formula is C17H18N2O2. The highest BCUT2D eigenvalue weighted by molar-refractivity contribution is 5.75. The molecule has 0 saturated heterocycles. The van der Waals surface area contributed by atoms with Gasteiger partial charge in [-0.2, -0.15) is 0 Å². The maximum absolute atomic E-state index is 11.3. The van der Waals surface area contributed by atoms with Crippen molar-refractivity contribution in [2.24, 2.45) is 0 Å². The highest BCUT2D eigenvalue weighted by Crippen LogP contribution is 2.37. The third-order valence-corrected chi connectivity index (χ3v) is 4.06. The lowest BCUT2D eigenvalue weighted by atomic mass is 9.77. The normalized spacial score (nSPS) is 13.5. The van der Waals surface area contributed by atoms with E-state index in [-0.39, 0.29) is 5.69 Å². The Morgan fingerprint density at radius 2 is 1.67 bits per heavy atom. The molecule has 108 valence electrons. The summed E-state index contributed by atoms with van der Waals surface area (Å²) in [6.07, 6.45) is -0.664. The van der Waals surface area contributed by atoms with Crippen molar-refractivity contribution in [3.05, 3.63) is 70.1 Å². The summed E-state index contributed by atoms with van der Waals surface area (Å²) in [6, 6.07) is 15.4. The van der Waals surface area contributed by atoms with Crippen LogP contribution in [0.4, 0.5) is 0 Å². The van der Waals surface area contributed by atoms with Crippen LogP contribution in [-0.2, 0) is 5.41 Å². The second-order valence-corrected chi connectivity index (χ2v) is 5.87. The van der Waals surface area contributed by atoms with Gasteiger partial charge in [0.1, 0.15) is 0 Å². The zero-order chi connectivity index (χ0) is 15.0. The lowest BCUT2D eigenvalue weighted by Crippen LogP contribution is -2.26. The van der Waals surface area contributed by atoms with E-state index in [9.17, 15) is 9.90 Å². The SMILES string of the molecule is CC(C)(c1ccccc1)C(O)c1ccc2[nH]c(=O)[nH]c2c1. The van der Waals surface area contributed by atoms with Crippen molar-refractivity contribution in [2.45, 2.75) is 25.4 Å². The zero-order valence-electron chi connectivity index (χ0n) is 12.1. The lowest BCUT2D eigenvalue weighted by Gasteiger charge is -2.31. The number of fused-ring (bicyclic) bond motifs is 1. The summed E-state index contributed by atoms with van der Waals surface area (Å²) in [4.78, 5) is 16.7. The van der Waals surface area contributed by atoms with Gasteiger partial charge in [-0.15, -0.1) is 0 Å². The Kier molecular flexibility index (Phi) is 3.18. The van der Waals surface area contributed by atoms with Crippen LogP contribution in [0.3, 0.4) is 0 Å². The van der Waals surface area contributed by atoms with Gasteiger partial charge < -0.3 is 15.1 Å². The Morgan fingerprint density at radius 1 is 1.00 bits per heavy atom. The summed E-state index contributed by atoms with van der Waals surface area (Å²) < 4.78 is 0. The van der Waals surface area contributed by atoms with Gasteiger partial charge in [0, 0.05) is 5.41 Å². The monoisotopic (exact) mass is 282 g/mol. The molecular weight excluding hydrogens is 264 g/mol. The first-order valence-corrected chi connectivity index (χ1v) is 6.94. The first kappa shape index (κ1) is 13.6. The van der Waals surface area contributed by atoms with Gasteiger partial charge in [-0.05, 0) is 23.3 Å². The van der Waals surface area contributed by atoms with Crippen LogP contribution in [0.2, 0.25) is 0 Å². The van der Waals surface area contributed by atoms with Crippen LogP contribution in [0.1, 0.15) is 31.1 Å². The molecule has 1 unspecified atom stereocenters. The first-order valence-electron chi connectivity index (χ1n) is 6.94. The minimum absolute atomic E-state index is 0.237. The van der Waals surface area contributed by atoms with Gasteiger partial charge in [0.25, 0.3) is 0 Å². The quantitative estimate of drug-likeness (QED) is 0.691. The molecule has 0 spiro atoms. The van der Waals surface area contributed by atoms with Crippen molar-refractivity contribution in [3.63, 3.8) is 0 Å². The summed E-state index contributed by atoms with van der Waals surface area (Å²) in [5.74, 6) is 0. The van der Waals surface area contributed by atoms with Gasteiger partial charge in [0.15, 0.2) is 0 Å². The van der Waals surface area contributed by atoms with E-state index in [2.05, 4.69) is 9.97 Å². The number of imidazole rings is 1. The van der Waals surface area contributed by atoms with Crippen molar-refractivity contribution in [2.75, 3.05) is 0 Å². The minimum Gasteiger partial charge on any atom is -0.388 e. The van der Waals surface area contributed by atoms with Gasteiger partial charge >= 0.3 is 5.69 Å². The zero-order valence-corrected chi connectivity index (χ0v) is 12.1. The summed E-state index contributed by atoms with van der Waals surface area (Å²) in [6.45, 7) is 4.02. The second kappa shape index (κ2) is 4.90. The molecule has 0 aliphatic heterocycles. The molecule has 0 amide bonds. The molecule has 4 nitrogen and oxygen atoms in total. The number of nitrogens with one attached hydrogen (secondary N) is 2. The van der Waals surface area contributed by atoms with Crippen molar-refractivity contribution >= 4 is 11.0 Å². The van der Waals surface area contributed by atoms with E-state index in [1.165, 1.54) is 0 Å². The van der Waals surface area contributed by atoms with E-state index in [1.807, 2.05) is 62.4 Å². The van der Waals surface area contributed by atoms with Gasteiger partial charge in [0.2, 0.25) is 0 Å². The Morgan fingerprint density at radius 3 is 2.38 bits per heavy atom. The summed E-state index contributed by atoms with van der Waals surface area (Å²) >= 11 is 0. The molecule has 3 aromatic rings. The molecule has 0 bridgehead atoms. The molecule has 0 aliphatic carbocycles. The van der Waals surface area contributed by atoms with E-state index in [0.29, 0.717) is 5.52 Å². The maximum Gasteiger partial charge on any atom is 0.323 e. The van der Waals surface area contributed by atoms with Crippen LogP contribution in [0.15, 0.2) is 53.3 Å². The number of aromatic amines is 2. The number of hydrogen-bond donors (Lipinski definition) is 3. The molecule has 2 aromatic carbocycles. The number of aliphatic hydroxyl groups excluding tert-OH is 1. The maximum atomic E-state index is 11.3. The van der Waals surface area contributed by atoms with E-state index in [0.717, 1.165) is 16.6 Å². The molecule has 3 N–H and O–H groups in total.